The van der Waals surface area contributed by atoms with Crippen LogP contribution in [0.2, 0.25) is 0 Å². The first-order valence-electron chi connectivity index (χ1n) is 10.9. The van der Waals surface area contributed by atoms with Gasteiger partial charge in [0.05, 0.1) is 12.1 Å². The fourth-order valence-corrected chi connectivity index (χ4v) is 5.50. The average Bonchev–Trinajstić information content (AvgIpc) is 3.32. The number of rotatable bonds is 7. The van der Waals surface area contributed by atoms with E-state index in [-0.39, 0.29) is 11.9 Å². The molecule has 1 aromatic heterocycles. The quantitative estimate of drug-likeness (QED) is 0.676. The Bertz CT molecular complexity index is 713. The summed E-state index contributed by atoms with van der Waals surface area (Å²) in [7, 11) is 0. The summed E-state index contributed by atoms with van der Waals surface area (Å²) >= 11 is 1.63. The minimum absolute atomic E-state index is 0.0554. The summed E-state index contributed by atoms with van der Waals surface area (Å²) in [5.41, 5.74) is 0.669. The lowest BCUT2D eigenvalue weighted by Gasteiger charge is -2.32. The lowest BCUT2D eigenvalue weighted by atomic mass is 10.0. The predicted octanol–water partition coefficient (Wildman–Crippen LogP) is 3.38. The number of thiophene rings is 1. The van der Waals surface area contributed by atoms with Gasteiger partial charge in [-0.25, -0.2) is 0 Å². The largest absolute Gasteiger partial charge is 0.401 e. The van der Waals surface area contributed by atoms with Crippen LogP contribution in [0.25, 0.3) is 0 Å². The fourth-order valence-electron chi connectivity index (χ4n) is 4.43. The number of ether oxygens (including phenoxy) is 1. The number of likely N-dealkylation sites (tertiary alicyclic amines) is 1. The van der Waals surface area contributed by atoms with E-state index >= 15 is 0 Å². The van der Waals surface area contributed by atoms with Crippen molar-refractivity contribution in [2.75, 3.05) is 39.4 Å². The summed E-state index contributed by atoms with van der Waals surface area (Å²) in [6, 6.07) is 2.43. The normalized spacial score (nSPS) is 26.6. The highest BCUT2D eigenvalue weighted by Gasteiger charge is 2.39. The summed E-state index contributed by atoms with van der Waals surface area (Å²) in [6.45, 7) is 2.63. The fraction of sp³-hybridized carbons (Fsp3) is 0.762. The molecule has 3 fully saturated rings. The van der Waals surface area contributed by atoms with E-state index < -0.39 is 12.7 Å². The Hall–Kier alpha value is -1.16. The van der Waals surface area contributed by atoms with Crippen molar-refractivity contribution in [3.8, 4) is 0 Å². The Kier molecular flexibility index (Phi) is 7.01. The highest BCUT2D eigenvalue weighted by molar-refractivity contribution is 7.10. The monoisotopic (exact) mass is 445 g/mol. The summed E-state index contributed by atoms with van der Waals surface area (Å²) in [6.07, 6.45) is 0.316. The SMILES string of the molecule is O=C(NC1CCN(CC(F)(F)F)CC1)c1csc(C2CC2NCC2CCOCC2)c1. The van der Waals surface area contributed by atoms with Crippen LogP contribution in [-0.2, 0) is 4.74 Å². The molecule has 30 heavy (non-hydrogen) atoms. The van der Waals surface area contributed by atoms with Crippen LogP contribution < -0.4 is 10.6 Å². The second kappa shape index (κ2) is 9.54. The van der Waals surface area contributed by atoms with E-state index in [1.807, 2.05) is 11.4 Å². The van der Waals surface area contributed by atoms with Crippen LogP contribution in [0.4, 0.5) is 13.2 Å². The third kappa shape index (κ3) is 6.18. The molecule has 2 atom stereocenters. The minimum Gasteiger partial charge on any atom is -0.381 e. The summed E-state index contributed by atoms with van der Waals surface area (Å²) in [5.74, 6) is 1.08. The zero-order chi connectivity index (χ0) is 21.1. The first-order chi connectivity index (χ1) is 14.4. The molecule has 9 heteroatoms. The molecule has 0 spiro atoms. The lowest BCUT2D eigenvalue weighted by Crippen LogP contribution is -2.47. The van der Waals surface area contributed by atoms with Gasteiger partial charge in [0.15, 0.2) is 0 Å². The highest BCUT2D eigenvalue weighted by atomic mass is 32.1. The van der Waals surface area contributed by atoms with Crippen LogP contribution in [0.3, 0.4) is 0 Å². The predicted molar refractivity (Wildman–Crippen MR) is 110 cm³/mol. The van der Waals surface area contributed by atoms with Gasteiger partial charge in [-0.05, 0) is 50.6 Å². The Morgan fingerprint density at radius 1 is 1.20 bits per heavy atom. The van der Waals surface area contributed by atoms with Crippen LogP contribution in [0.15, 0.2) is 11.4 Å². The lowest BCUT2D eigenvalue weighted by molar-refractivity contribution is -0.148. The Morgan fingerprint density at radius 2 is 1.93 bits per heavy atom. The molecule has 5 nitrogen and oxygen atoms in total. The van der Waals surface area contributed by atoms with Crippen LogP contribution in [0, 0.1) is 5.92 Å². The average molecular weight is 446 g/mol. The van der Waals surface area contributed by atoms with Crippen molar-refractivity contribution in [1.29, 1.82) is 0 Å². The third-order valence-corrected chi connectivity index (χ3v) is 7.44. The molecule has 0 radical (unpaired) electrons. The van der Waals surface area contributed by atoms with Gasteiger partial charge in [0.25, 0.3) is 5.91 Å². The van der Waals surface area contributed by atoms with Gasteiger partial charge in [-0.2, -0.15) is 13.2 Å². The van der Waals surface area contributed by atoms with Crippen molar-refractivity contribution in [1.82, 2.24) is 15.5 Å². The van der Waals surface area contributed by atoms with Crippen LogP contribution in [0.1, 0.15) is 53.3 Å². The molecular formula is C21H30F3N3O2S. The van der Waals surface area contributed by atoms with Gasteiger partial charge >= 0.3 is 6.18 Å². The molecule has 0 aromatic carbocycles. The first-order valence-corrected chi connectivity index (χ1v) is 11.7. The molecule has 168 valence electrons. The number of piperidine rings is 1. The summed E-state index contributed by atoms with van der Waals surface area (Å²) in [4.78, 5) is 15.2. The number of alkyl halides is 3. The molecule has 2 N–H and O–H groups in total. The molecule has 4 rings (SSSR count). The van der Waals surface area contributed by atoms with Crippen LogP contribution >= 0.6 is 11.3 Å². The Labute approximate surface area is 179 Å². The van der Waals surface area contributed by atoms with Crippen LogP contribution in [0.5, 0.6) is 0 Å². The zero-order valence-corrected chi connectivity index (χ0v) is 17.9. The molecule has 1 amide bonds. The molecule has 3 heterocycles. The minimum atomic E-state index is -4.16. The summed E-state index contributed by atoms with van der Waals surface area (Å²) < 4.78 is 42.9. The maximum atomic E-state index is 12.6. The van der Waals surface area contributed by atoms with Gasteiger partial charge in [0, 0.05) is 54.6 Å². The number of nitrogens with one attached hydrogen (secondary N) is 2. The molecule has 0 bridgehead atoms. The van der Waals surface area contributed by atoms with E-state index in [9.17, 15) is 18.0 Å². The van der Waals surface area contributed by atoms with E-state index in [1.165, 1.54) is 9.78 Å². The van der Waals surface area contributed by atoms with Crippen molar-refractivity contribution < 1.29 is 22.7 Å². The van der Waals surface area contributed by atoms with Crippen molar-refractivity contribution in [2.24, 2.45) is 5.92 Å². The molecule has 3 aliphatic rings. The second-order valence-corrected chi connectivity index (χ2v) is 9.73. The molecule has 2 unspecified atom stereocenters. The van der Waals surface area contributed by atoms with E-state index in [0.29, 0.717) is 49.4 Å². The van der Waals surface area contributed by atoms with Crippen molar-refractivity contribution >= 4 is 17.2 Å². The van der Waals surface area contributed by atoms with E-state index in [1.54, 1.807) is 11.3 Å². The molecule has 2 saturated heterocycles. The maximum absolute atomic E-state index is 12.6. The number of hydrogen-bond donors (Lipinski definition) is 2. The number of carbonyl (C=O) groups excluding carboxylic acids is 1. The summed E-state index contributed by atoms with van der Waals surface area (Å²) in [5, 5.41) is 8.57. The number of carbonyl (C=O) groups is 1. The molecule has 1 aromatic rings. The van der Waals surface area contributed by atoms with E-state index in [2.05, 4.69) is 10.6 Å². The van der Waals surface area contributed by atoms with Gasteiger partial charge in [0.1, 0.15) is 0 Å². The molecule has 1 saturated carbocycles. The van der Waals surface area contributed by atoms with E-state index in [0.717, 1.165) is 39.0 Å². The standard InChI is InChI=1S/C21H30F3N3O2S/c22-21(23,24)13-27-5-1-16(2-6-27)26-20(28)15-9-19(30-12-15)17-10-18(17)25-11-14-3-7-29-8-4-14/h9,12,14,16-18,25H,1-8,10-11,13H2,(H,26,28). The molecular weight excluding hydrogens is 415 g/mol. The number of halogens is 3. The smallest absolute Gasteiger partial charge is 0.381 e. The van der Waals surface area contributed by atoms with Crippen molar-refractivity contribution in [3.05, 3.63) is 21.9 Å². The van der Waals surface area contributed by atoms with Gasteiger partial charge < -0.3 is 15.4 Å². The van der Waals surface area contributed by atoms with Crippen molar-refractivity contribution in [2.45, 2.75) is 56.3 Å². The number of nitrogens with zero attached hydrogens (tertiary/aromatic N) is 1. The van der Waals surface area contributed by atoms with Gasteiger partial charge in [-0.3, -0.25) is 9.69 Å². The van der Waals surface area contributed by atoms with Gasteiger partial charge in [-0.15, -0.1) is 11.3 Å². The third-order valence-electron chi connectivity index (χ3n) is 6.37. The molecule has 2 aliphatic heterocycles. The maximum Gasteiger partial charge on any atom is 0.401 e. The Balaban J connectivity index is 1.19. The van der Waals surface area contributed by atoms with Gasteiger partial charge in [0.2, 0.25) is 0 Å². The highest BCUT2D eigenvalue weighted by Crippen LogP contribution is 2.43. The number of amides is 1. The van der Waals surface area contributed by atoms with Crippen LogP contribution in [-0.4, -0.2) is 68.5 Å². The second-order valence-electron chi connectivity index (χ2n) is 8.79. The van der Waals surface area contributed by atoms with E-state index in [4.69, 9.17) is 4.74 Å². The Morgan fingerprint density at radius 3 is 2.63 bits per heavy atom. The number of hydrogen-bond acceptors (Lipinski definition) is 5. The first kappa shape index (κ1) is 22.0. The molecule has 1 aliphatic carbocycles. The zero-order valence-electron chi connectivity index (χ0n) is 17.0. The van der Waals surface area contributed by atoms with Gasteiger partial charge in [-0.1, -0.05) is 0 Å². The van der Waals surface area contributed by atoms with Crippen molar-refractivity contribution in [3.63, 3.8) is 0 Å². The topological polar surface area (TPSA) is 53.6 Å².